The first-order valence-electron chi connectivity index (χ1n) is 5.92. The molecule has 1 unspecified atom stereocenters. The quantitative estimate of drug-likeness (QED) is 0.771. The third kappa shape index (κ3) is 4.15. The van der Waals surface area contributed by atoms with Gasteiger partial charge >= 0.3 is 0 Å². The summed E-state index contributed by atoms with van der Waals surface area (Å²) in [6.07, 6.45) is 0.105. The second kappa shape index (κ2) is 5.21. The van der Waals surface area contributed by atoms with Crippen molar-refractivity contribution in [2.75, 3.05) is 0 Å². The molecule has 0 aromatic carbocycles. The van der Waals surface area contributed by atoms with Gasteiger partial charge in [0.1, 0.15) is 11.0 Å². The molecule has 0 amide bonds. The molecule has 0 aliphatic carbocycles. The molecule has 0 radical (unpaired) electrons. The highest BCUT2D eigenvalue weighted by atomic mass is 35.5. The molecule has 1 atom stereocenters. The van der Waals surface area contributed by atoms with Gasteiger partial charge in [0.25, 0.3) is 0 Å². The largest absolute Gasteiger partial charge is 0.474 e. The van der Waals surface area contributed by atoms with Crippen molar-refractivity contribution in [2.45, 2.75) is 53.1 Å². The standard InChI is InChI=1S/C13H21ClN2O/c1-8(2)9(3)17-11-7-10(14)15-12(16-11)13(4,5)6/h7-9H,1-6H3. The normalized spacial score (nSPS) is 13.9. The monoisotopic (exact) mass is 256 g/mol. The SMILES string of the molecule is CC(C)C(C)Oc1cc(Cl)nc(C(C)(C)C)n1. The second-order valence-corrected chi connectivity index (χ2v) is 6.06. The fourth-order valence-electron chi connectivity index (χ4n) is 1.12. The molecule has 3 nitrogen and oxygen atoms in total. The zero-order valence-corrected chi connectivity index (χ0v) is 12.2. The van der Waals surface area contributed by atoms with E-state index in [4.69, 9.17) is 16.3 Å². The number of hydrogen-bond acceptors (Lipinski definition) is 3. The van der Waals surface area contributed by atoms with E-state index >= 15 is 0 Å². The predicted octanol–water partition coefficient (Wildman–Crippen LogP) is 3.85. The maximum atomic E-state index is 5.99. The van der Waals surface area contributed by atoms with Gasteiger partial charge in [-0.15, -0.1) is 0 Å². The summed E-state index contributed by atoms with van der Waals surface area (Å²) in [5.41, 5.74) is -0.135. The van der Waals surface area contributed by atoms with E-state index in [9.17, 15) is 0 Å². The molecule has 0 fully saturated rings. The van der Waals surface area contributed by atoms with E-state index in [1.807, 2.05) is 27.7 Å². The molecule has 96 valence electrons. The Hall–Kier alpha value is -0.830. The highest BCUT2D eigenvalue weighted by Gasteiger charge is 2.20. The first-order chi connectivity index (χ1) is 7.70. The van der Waals surface area contributed by atoms with Gasteiger partial charge in [0.15, 0.2) is 0 Å². The first-order valence-corrected chi connectivity index (χ1v) is 6.29. The molecule has 0 N–H and O–H groups in total. The number of aromatic nitrogens is 2. The Labute approximate surface area is 109 Å². The lowest BCUT2D eigenvalue weighted by Crippen LogP contribution is -2.21. The fourth-order valence-corrected chi connectivity index (χ4v) is 1.29. The van der Waals surface area contributed by atoms with E-state index in [0.717, 1.165) is 0 Å². The summed E-state index contributed by atoms with van der Waals surface area (Å²) in [6.45, 7) is 12.4. The van der Waals surface area contributed by atoms with Gasteiger partial charge < -0.3 is 4.74 Å². The molecule has 1 heterocycles. The summed E-state index contributed by atoms with van der Waals surface area (Å²) in [5.74, 6) is 1.69. The molecule has 0 spiro atoms. The van der Waals surface area contributed by atoms with Crippen LogP contribution in [0.3, 0.4) is 0 Å². The third-order valence-electron chi connectivity index (χ3n) is 2.59. The van der Waals surface area contributed by atoms with Crippen molar-refractivity contribution < 1.29 is 4.74 Å². The minimum atomic E-state index is -0.135. The van der Waals surface area contributed by atoms with Crippen molar-refractivity contribution in [3.05, 3.63) is 17.0 Å². The van der Waals surface area contributed by atoms with E-state index < -0.39 is 0 Å². The Bertz CT molecular complexity index is 385. The summed E-state index contributed by atoms with van der Waals surface area (Å²) < 4.78 is 5.76. The van der Waals surface area contributed by atoms with Crippen molar-refractivity contribution in [3.63, 3.8) is 0 Å². The lowest BCUT2D eigenvalue weighted by Gasteiger charge is -2.20. The maximum absolute atomic E-state index is 5.99. The highest BCUT2D eigenvalue weighted by molar-refractivity contribution is 6.29. The smallest absolute Gasteiger partial charge is 0.218 e. The average molecular weight is 257 g/mol. The predicted molar refractivity (Wildman–Crippen MR) is 70.7 cm³/mol. The van der Waals surface area contributed by atoms with Gasteiger partial charge in [-0.2, -0.15) is 4.98 Å². The van der Waals surface area contributed by atoms with Crippen LogP contribution in [0.2, 0.25) is 5.15 Å². The van der Waals surface area contributed by atoms with Crippen LogP contribution in [0.4, 0.5) is 0 Å². The third-order valence-corrected chi connectivity index (χ3v) is 2.78. The number of nitrogens with zero attached hydrogens (tertiary/aromatic N) is 2. The average Bonchev–Trinajstić information content (AvgIpc) is 2.15. The molecule has 0 saturated carbocycles. The van der Waals surface area contributed by atoms with Gasteiger partial charge in [0.05, 0.1) is 6.10 Å². The Morgan fingerprint density at radius 1 is 1.18 bits per heavy atom. The van der Waals surface area contributed by atoms with Crippen LogP contribution in [-0.4, -0.2) is 16.1 Å². The van der Waals surface area contributed by atoms with Crippen LogP contribution in [-0.2, 0) is 5.41 Å². The molecule has 0 bridgehead atoms. The van der Waals surface area contributed by atoms with E-state index in [1.165, 1.54) is 0 Å². The molecule has 1 rings (SSSR count). The second-order valence-electron chi connectivity index (χ2n) is 5.67. The Balaban J connectivity index is 2.98. The summed E-state index contributed by atoms with van der Waals surface area (Å²) in [6, 6.07) is 1.66. The van der Waals surface area contributed by atoms with Gasteiger partial charge in [0.2, 0.25) is 5.88 Å². The zero-order chi connectivity index (χ0) is 13.2. The minimum Gasteiger partial charge on any atom is -0.474 e. The van der Waals surface area contributed by atoms with Crippen LogP contribution in [0.5, 0.6) is 5.88 Å². The van der Waals surface area contributed by atoms with Gasteiger partial charge in [-0.1, -0.05) is 46.2 Å². The molecule has 0 saturated heterocycles. The van der Waals surface area contributed by atoms with Crippen molar-refractivity contribution in [3.8, 4) is 5.88 Å². The lowest BCUT2D eigenvalue weighted by atomic mass is 9.96. The number of halogens is 1. The zero-order valence-electron chi connectivity index (χ0n) is 11.4. The van der Waals surface area contributed by atoms with E-state index in [0.29, 0.717) is 22.8 Å². The molecule has 0 aliphatic rings. The number of ether oxygens (including phenoxy) is 1. The van der Waals surface area contributed by atoms with Gasteiger partial charge in [-0.3, -0.25) is 0 Å². The molecule has 4 heteroatoms. The number of rotatable bonds is 3. The lowest BCUT2D eigenvalue weighted by molar-refractivity contribution is 0.162. The molecule has 1 aromatic heterocycles. The van der Waals surface area contributed by atoms with Crippen LogP contribution in [0.1, 0.15) is 47.4 Å². The van der Waals surface area contributed by atoms with Gasteiger partial charge in [-0.25, -0.2) is 4.98 Å². The van der Waals surface area contributed by atoms with Crippen LogP contribution >= 0.6 is 11.6 Å². The van der Waals surface area contributed by atoms with E-state index in [2.05, 4.69) is 23.8 Å². The molecular weight excluding hydrogens is 236 g/mol. The summed E-state index contributed by atoms with van der Waals surface area (Å²) in [4.78, 5) is 8.64. The van der Waals surface area contributed by atoms with Crippen molar-refractivity contribution in [1.82, 2.24) is 9.97 Å². The Kier molecular flexibility index (Phi) is 4.36. The minimum absolute atomic E-state index is 0.105. The van der Waals surface area contributed by atoms with Crippen molar-refractivity contribution in [2.24, 2.45) is 5.92 Å². The van der Waals surface area contributed by atoms with Crippen LogP contribution in [0, 0.1) is 5.92 Å². The molecule has 1 aromatic rings. The van der Waals surface area contributed by atoms with Gasteiger partial charge in [0, 0.05) is 11.5 Å². The summed E-state index contributed by atoms with van der Waals surface area (Å²) in [5, 5.41) is 0.427. The van der Waals surface area contributed by atoms with E-state index in [1.54, 1.807) is 6.07 Å². The maximum Gasteiger partial charge on any atom is 0.218 e. The molecule has 17 heavy (non-hydrogen) atoms. The summed E-state index contributed by atoms with van der Waals surface area (Å²) in [7, 11) is 0. The van der Waals surface area contributed by atoms with E-state index in [-0.39, 0.29) is 11.5 Å². The first kappa shape index (κ1) is 14.2. The Morgan fingerprint density at radius 3 is 2.24 bits per heavy atom. The summed E-state index contributed by atoms with van der Waals surface area (Å²) >= 11 is 5.99. The van der Waals surface area contributed by atoms with Crippen LogP contribution < -0.4 is 4.74 Å². The molecule has 0 aliphatic heterocycles. The van der Waals surface area contributed by atoms with Gasteiger partial charge in [-0.05, 0) is 12.8 Å². The molecular formula is C13H21ClN2O. The topological polar surface area (TPSA) is 35.0 Å². The van der Waals surface area contributed by atoms with Crippen molar-refractivity contribution >= 4 is 11.6 Å². The van der Waals surface area contributed by atoms with Crippen LogP contribution in [0.15, 0.2) is 6.07 Å². The van der Waals surface area contributed by atoms with Crippen LogP contribution in [0.25, 0.3) is 0 Å². The number of hydrogen-bond donors (Lipinski definition) is 0. The fraction of sp³-hybridized carbons (Fsp3) is 0.692. The van der Waals surface area contributed by atoms with Crippen molar-refractivity contribution in [1.29, 1.82) is 0 Å². The Morgan fingerprint density at radius 2 is 1.76 bits per heavy atom. The highest BCUT2D eigenvalue weighted by Crippen LogP contribution is 2.24.